The molecule has 10 nitrogen and oxygen atoms in total. The quantitative estimate of drug-likeness (QED) is 0.162. The second kappa shape index (κ2) is 19.3. The van der Waals surface area contributed by atoms with Gasteiger partial charge in [-0.25, -0.2) is 14.9 Å². The first-order valence-electron chi connectivity index (χ1n) is 12.3. The van der Waals surface area contributed by atoms with E-state index in [0.29, 0.717) is 18.5 Å². The fourth-order valence-electron chi connectivity index (χ4n) is 3.35. The highest BCUT2D eigenvalue weighted by Crippen LogP contribution is 2.23. The van der Waals surface area contributed by atoms with Crippen molar-refractivity contribution in [3.8, 4) is 11.3 Å². The molecule has 0 bridgehead atoms. The molecule has 0 saturated carbocycles. The van der Waals surface area contributed by atoms with Crippen molar-refractivity contribution < 1.29 is 9.59 Å². The molecule has 37 heavy (non-hydrogen) atoms. The summed E-state index contributed by atoms with van der Waals surface area (Å²) in [5, 5.41) is 10.9. The molecule has 0 aliphatic rings. The Balaban J connectivity index is 0.000000406. The highest BCUT2D eigenvalue weighted by molar-refractivity contribution is 5.86. The summed E-state index contributed by atoms with van der Waals surface area (Å²) in [6, 6.07) is 14.9. The van der Waals surface area contributed by atoms with E-state index in [0.717, 1.165) is 49.9 Å². The van der Waals surface area contributed by atoms with Crippen LogP contribution >= 0.6 is 0 Å². The molecule has 0 atom stereocenters. The minimum Gasteiger partial charge on any atom is -0.342 e. The molecule has 0 unspecified atom stereocenters. The number of aldehydes is 2. The molecule has 0 amide bonds. The summed E-state index contributed by atoms with van der Waals surface area (Å²) in [5.41, 5.74) is 6.37. The van der Waals surface area contributed by atoms with Crippen LogP contribution in [0.15, 0.2) is 53.5 Å². The van der Waals surface area contributed by atoms with Gasteiger partial charge in [-0.05, 0) is 50.8 Å². The lowest BCUT2D eigenvalue weighted by atomic mass is 10.1. The van der Waals surface area contributed by atoms with E-state index in [1.54, 1.807) is 0 Å². The van der Waals surface area contributed by atoms with E-state index in [4.69, 9.17) is 0 Å². The highest BCUT2D eigenvalue weighted by atomic mass is 16.1. The van der Waals surface area contributed by atoms with Gasteiger partial charge in [0, 0.05) is 18.4 Å². The molecule has 2 heterocycles. The average Bonchev–Trinajstić information content (AvgIpc) is 3.57. The Morgan fingerprint density at radius 1 is 0.892 bits per heavy atom. The number of aryl methyl sites for hydroxylation is 1. The van der Waals surface area contributed by atoms with E-state index >= 15 is 0 Å². The van der Waals surface area contributed by atoms with Gasteiger partial charge in [-0.3, -0.25) is 4.98 Å². The monoisotopic (exact) mass is 509 g/mol. The summed E-state index contributed by atoms with van der Waals surface area (Å²) in [7, 11) is 5.25. The van der Waals surface area contributed by atoms with Crippen molar-refractivity contribution in [2.45, 2.75) is 44.9 Å². The Hall–Kier alpha value is -3.89. The molecular formula is C27H39N7O3. The summed E-state index contributed by atoms with van der Waals surface area (Å²) in [4.78, 5) is 40.6. The number of benzene rings is 2. The molecule has 4 aromatic rings. The normalized spacial score (nSPS) is 9.73. The van der Waals surface area contributed by atoms with Crippen LogP contribution in [-0.2, 0) is 22.4 Å². The number of H-pyrrole nitrogens is 3. The van der Waals surface area contributed by atoms with Gasteiger partial charge in [0.25, 0.3) is 0 Å². The number of aromatic nitrogens is 5. The van der Waals surface area contributed by atoms with E-state index in [1.807, 2.05) is 20.3 Å². The fourth-order valence-corrected chi connectivity index (χ4v) is 3.35. The summed E-state index contributed by atoms with van der Waals surface area (Å²) >= 11 is 0. The largest absolute Gasteiger partial charge is 0.342 e. The van der Waals surface area contributed by atoms with Gasteiger partial charge >= 0.3 is 5.69 Å². The lowest BCUT2D eigenvalue weighted by Gasteiger charge is -2.02. The zero-order valence-corrected chi connectivity index (χ0v) is 21.9. The van der Waals surface area contributed by atoms with Crippen molar-refractivity contribution in [2.24, 2.45) is 5.73 Å². The van der Waals surface area contributed by atoms with Crippen LogP contribution in [0.1, 0.15) is 43.8 Å². The van der Waals surface area contributed by atoms with Crippen molar-refractivity contribution in [3.63, 3.8) is 0 Å². The molecule has 2 aromatic carbocycles. The van der Waals surface area contributed by atoms with Gasteiger partial charge in [-0.15, -0.1) is 0 Å². The Kier molecular flexibility index (Phi) is 16.3. The van der Waals surface area contributed by atoms with Gasteiger partial charge in [-0.2, -0.15) is 5.10 Å². The number of carbonyl (C=O) groups is 2. The van der Waals surface area contributed by atoms with Crippen LogP contribution in [0.25, 0.3) is 22.0 Å². The summed E-state index contributed by atoms with van der Waals surface area (Å²) in [6.45, 7) is 0. The number of unbranched alkanes of at least 4 members (excludes halogenated alkanes) is 4. The second-order valence-electron chi connectivity index (χ2n) is 7.92. The molecule has 200 valence electrons. The van der Waals surface area contributed by atoms with Crippen molar-refractivity contribution in [1.82, 2.24) is 30.5 Å². The van der Waals surface area contributed by atoms with Gasteiger partial charge in [0.2, 0.25) is 0 Å². The van der Waals surface area contributed by atoms with Crippen LogP contribution in [0.5, 0.6) is 0 Å². The number of carbonyl (C=O) groups excluding carboxylic acids is 2. The third-order valence-electron chi connectivity index (χ3n) is 5.00. The van der Waals surface area contributed by atoms with Crippen molar-refractivity contribution in [1.29, 1.82) is 0 Å². The van der Waals surface area contributed by atoms with Crippen LogP contribution in [0.4, 0.5) is 0 Å². The first-order valence-corrected chi connectivity index (χ1v) is 12.3. The summed E-state index contributed by atoms with van der Waals surface area (Å²) in [6.07, 6.45) is 9.80. The van der Waals surface area contributed by atoms with Gasteiger partial charge in [-0.1, -0.05) is 49.2 Å². The summed E-state index contributed by atoms with van der Waals surface area (Å²) < 4.78 is 0. The number of rotatable bonds is 10. The maximum atomic E-state index is 10.3. The zero-order valence-electron chi connectivity index (χ0n) is 21.9. The predicted octanol–water partition coefficient (Wildman–Crippen LogP) is 3.17. The van der Waals surface area contributed by atoms with E-state index in [2.05, 4.69) is 78.7 Å². The number of fused-ring (bicyclic) bond motifs is 1. The van der Waals surface area contributed by atoms with Crippen LogP contribution in [0.3, 0.4) is 0 Å². The number of hydrogen-bond donors (Lipinski definition) is 5. The third kappa shape index (κ3) is 12.1. The second-order valence-corrected chi connectivity index (χ2v) is 7.92. The number of aromatic amines is 3. The van der Waals surface area contributed by atoms with E-state index in [9.17, 15) is 14.4 Å². The van der Waals surface area contributed by atoms with E-state index in [-0.39, 0.29) is 12.1 Å². The minimum absolute atomic E-state index is 0.152. The lowest BCUT2D eigenvalue weighted by Crippen LogP contribution is -2.01. The van der Waals surface area contributed by atoms with Crippen LogP contribution in [0.2, 0.25) is 0 Å². The first-order chi connectivity index (χ1) is 18.1. The Bertz CT molecular complexity index is 1210. The fraction of sp³-hybridized carbons (Fsp3) is 0.370. The maximum Gasteiger partial charge on any atom is 0.340 e. The average molecular weight is 510 g/mol. The van der Waals surface area contributed by atoms with Crippen molar-refractivity contribution in [3.05, 3.63) is 70.8 Å². The number of nitrogens with zero attached hydrogens (tertiary/aromatic N) is 2. The molecule has 0 spiro atoms. The third-order valence-corrected chi connectivity index (χ3v) is 5.00. The standard InChI is InChI=1S/C20H22N2O.C4H5N3O2.C2H7N.CH5N/c23-13-7-3-1-2-4-10-20-21-15-19(22-20)18-12-11-16-8-5-6-9-17(16)14-18;8-2-1-3-5-4(9)7-6-3;1-3-2;1-2/h5-6,8-9,11-15H,1-4,7,10H2,(H,21,22);2H,1H2,(H2,5,6,7,9);3H,1-2H3;2H2,1H3. The molecule has 2 aromatic heterocycles. The van der Waals surface area contributed by atoms with Gasteiger partial charge in [0.05, 0.1) is 18.3 Å². The molecule has 0 fully saturated rings. The minimum atomic E-state index is -0.383. The topological polar surface area (TPSA) is 162 Å². The SMILES string of the molecule is CN.CNC.O=CCCCCCCc1ncc(-c2ccc3ccccc3c2)[nH]1.O=CCc1n[nH]c(=O)[nH]1. The molecule has 0 aliphatic heterocycles. The predicted molar refractivity (Wildman–Crippen MR) is 148 cm³/mol. The smallest absolute Gasteiger partial charge is 0.340 e. The van der Waals surface area contributed by atoms with Crippen molar-refractivity contribution >= 4 is 23.3 Å². The van der Waals surface area contributed by atoms with Gasteiger partial charge in [0.15, 0.2) is 0 Å². The zero-order chi connectivity index (χ0) is 27.3. The molecule has 6 N–H and O–H groups in total. The van der Waals surface area contributed by atoms with Crippen LogP contribution in [0, 0.1) is 0 Å². The number of nitrogens with two attached hydrogens (primary N) is 1. The number of imidazole rings is 1. The number of hydrogen-bond acceptors (Lipinski definition) is 7. The Morgan fingerprint density at radius 3 is 2.24 bits per heavy atom. The van der Waals surface area contributed by atoms with E-state index in [1.165, 1.54) is 23.4 Å². The van der Waals surface area contributed by atoms with E-state index < -0.39 is 0 Å². The Morgan fingerprint density at radius 2 is 1.59 bits per heavy atom. The van der Waals surface area contributed by atoms with Crippen LogP contribution in [-0.4, -0.2) is 58.9 Å². The number of nitrogens with one attached hydrogen (secondary N) is 4. The van der Waals surface area contributed by atoms with Crippen LogP contribution < -0.4 is 16.7 Å². The highest BCUT2D eigenvalue weighted by Gasteiger charge is 2.04. The Labute approximate surface area is 217 Å². The van der Waals surface area contributed by atoms with Gasteiger partial charge < -0.3 is 25.6 Å². The lowest BCUT2D eigenvalue weighted by molar-refractivity contribution is -0.108. The molecule has 4 rings (SSSR count). The maximum absolute atomic E-state index is 10.3. The van der Waals surface area contributed by atoms with Crippen molar-refractivity contribution in [2.75, 3.05) is 21.1 Å². The molecular weight excluding hydrogens is 470 g/mol. The molecule has 0 saturated heterocycles. The molecule has 10 heteroatoms. The molecule has 0 radical (unpaired) electrons. The van der Waals surface area contributed by atoms with Gasteiger partial charge in [0.1, 0.15) is 24.2 Å². The summed E-state index contributed by atoms with van der Waals surface area (Å²) in [5.74, 6) is 1.42. The first kappa shape index (κ1) is 31.1. The molecule has 0 aliphatic carbocycles.